The summed E-state index contributed by atoms with van der Waals surface area (Å²) in [5.74, 6) is 0.702. The van der Waals surface area contributed by atoms with Crippen LogP contribution in [0.3, 0.4) is 0 Å². The summed E-state index contributed by atoms with van der Waals surface area (Å²) in [6, 6.07) is 7.54. The molecule has 1 aromatic carbocycles. The van der Waals surface area contributed by atoms with Gasteiger partial charge in [0.1, 0.15) is 12.4 Å². The van der Waals surface area contributed by atoms with Gasteiger partial charge in [0.2, 0.25) is 0 Å². The van der Waals surface area contributed by atoms with Gasteiger partial charge in [0.05, 0.1) is 6.33 Å². The minimum absolute atomic E-state index is 0.171. The van der Waals surface area contributed by atoms with Crippen molar-refractivity contribution in [3.05, 3.63) is 36.2 Å². The molecule has 3 N–H and O–H groups in total. The van der Waals surface area contributed by atoms with Crippen LogP contribution in [0.2, 0.25) is 0 Å². The lowest BCUT2D eigenvalue weighted by molar-refractivity contribution is 0.347. The van der Waals surface area contributed by atoms with E-state index in [1.165, 1.54) is 11.9 Å². The van der Waals surface area contributed by atoms with Gasteiger partial charge >= 0.3 is 0 Å². The summed E-state index contributed by atoms with van der Waals surface area (Å²) >= 11 is 1.52. The Morgan fingerprint density at radius 2 is 2.19 bits per heavy atom. The summed E-state index contributed by atoms with van der Waals surface area (Å²) in [6.07, 6.45) is 0.491. The molecule has 0 atom stereocenters. The van der Waals surface area contributed by atoms with Gasteiger partial charge in [-0.3, -0.25) is 4.72 Å². The van der Waals surface area contributed by atoms with Gasteiger partial charge in [0.15, 0.2) is 0 Å². The molecule has 16 heavy (non-hydrogen) atoms. The van der Waals surface area contributed by atoms with E-state index in [0.717, 1.165) is 4.90 Å². The maximum Gasteiger partial charge on any atom is 0.119 e. The quantitative estimate of drug-likeness (QED) is 0.750. The highest BCUT2D eigenvalue weighted by Crippen LogP contribution is 2.19. The summed E-state index contributed by atoms with van der Waals surface area (Å²) in [4.78, 5) is 1.09. The molecule has 1 aromatic rings. The Morgan fingerprint density at radius 1 is 1.50 bits per heavy atom. The number of hydrogen-bond acceptors (Lipinski definition) is 4. The van der Waals surface area contributed by atoms with Crippen LogP contribution in [0.25, 0.3) is 0 Å². The van der Waals surface area contributed by atoms with E-state index in [-0.39, 0.29) is 13.2 Å². The smallest absolute Gasteiger partial charge is 0.119 e. The minimum atomic E-state index is 0.171. The third kappa shape index (κ3) is 4.22. The summed E-state index contributed by atoms with van der Waals surface area (Å²) in [5.41, 5.74) is 5.75. The Balaban J connectivity index is 2.49. The Labute approximate surface area is 99.0 Å². The van der Waals surface area contributed by atoms with E-state index in [2.05, 4.69) is 4.72 Å². The second kappa shape index (κ2) is 7.27. The monoisotopic (exact) mass is 242 g/mol. The van der Waals surface area contributed by atoms with Crippen LogP contribution in [0.15, 0.2) is 41.1 Å². The molecule has 0 aliphatic carbocycles. The topological polar surface area (TPSA) is 47.3 Å². The molecule has 0 bridgehead atoms. The zero-order chi connectivity index (χ0) is 11.8. The van der Waals surface area contributed by atoms with Gasteiger partial charge in [0.25, 0.3) is 0 Å². The molecule has 88 valence electrons. The first-order valence-corrected chi connectivity index (χ1v) is 5.66. The van der Waals surface area contributed by atoms with Crippen molar-refractivity contribution in [2.45, 2.75) is 4.90 Å². The van der Waals surface area contributed by atoms with Crippen LogP contribution in [0.5, 0.6) is 5.75 Å². The lowest BCUT2D eigenvalue weighted by Gasteiger charge is -2.07. The van der Waals surface area contributed by atoms with Gasteiger partial charge < -0.3 is 10.5 Å². The predicted molar refractivity (Wildman–Crippen MR) is 65.1 cm³/mol. The molecular weight excluding hydrogens is 227 g/mol. The predicted octanol–water partition coefficient (Wildman–Crippen LogP) is 2.10. The van der Waals surface area contributed by atoms with Gasteiger partial charge in [-0.05, 0) is 43.3 Å². The molecule has 0 aliphatic rings. The molecule has 0 fully saturated rings. The lowest BCUT2D eigenvalue weighted by atomic mass is 10.3. The van der Waals surface area contributed by atoms with Crippen molar-refractivity contribution in [2.75, 3.05) is 20.2 Å². The molecule has 0 aromatic heterocycles. The Kier molecular flexibility index (Phi) is 5.92. The standard InChI is InChI=1S/C11H15FN2OS/c1-14-16-11-4-2-10(3-5-11)15-8-9(6-12)7-13/h2-6,14H,7-8,13H2,1H3/b9-6-. The van der Waals surface area contributed by atoms with Crippen LogP contribution < -0.4 is 15.2 Å². The molecule has 0 saturated carbocycles. The van der Waals surface area contributed by atoms with Gasteiger partial charge in [-0.15, -0.1) is 0 Å². The van der Waals surface area contributed by atoms with E-state index >= 15 is 0 Å². The van der Waals surface area contributed by atoms with Gasteiger partial charge in [-0.1, -0.05) is 0 Å². The molecule has 0 heterocycles. The fourth-order valence-electron chi connectivity index (χ4n) is 1.03. The molecule has 5 heteroatoms. The number of halogens is 1. The molecule has 0 radical (unpaired) electrons. The van der Waals surface area contributed by atoms with Crippen molar-refractivity contribution in [1.82, 2.24) is 4.72 Å². The highest BCUT2D eigenvalue weighted by molar-refractivity contribution is 7.97. The normalized spacial score (nSPS) is 11.6. The van der Waals surface area contributed by atoms with Crippen LogP contribution in [0.4, 0.5) is 4.39 Å². The fraction of sp³-hybridized carbons (Fsp3) is 0.273. The van der Waals surface area contributed by atoms with Crippen molar-refractivity contribution in [2.24, 2.45) is 5.73 Å². The zero-order valence-electron chi connectivity index (χ0n) is 9.07. The second-order valence-corrected chi connectivity index (χ2v) is 4.12. The molecule has 0 spiro atoms. The van der Waals surface area contributed by atoms with E-state index in [4.69, 9.17) is 10.5 Å². The van der Waals surface area contributed by atoms with E-state index in [1.807, 2.05) is 31.3 Å². The third-order valence-electron chi connectivity index (χ3n) is 1.88. The Hall–Kier alpha value is -1.04. The Bertz CT molecular complexity index is 340. The zero-order valence-corrected chi connectivity index (χ0v) is 9.89. The van der Waals surface area contributed by atoms with Crippen LogP contribution in [-0.2, 0) is 0 Å². The van der Waals surface area contributed by atoms with E-state index in [9.17, 15) is 4.39 Å². The number of rotatable bonds is 6. The van der Waals surface area contributed by atoms with Crippen LogP contribution in [0.1, 0.15) is 0 Å². The summed E-state index contributed by atoms with van der Waals surface area (Å²) in [5, 5.41) is 0. The minimum Gasteiger partial charge on any atom is -0.489 e. The first-order chi connectivity index (χ1) is 7.80. The van der Waals surface area contributed by atoms with Gasteiger partial charge in [0, 0.05) is 17.0 Å². The average Bonchev–Trinajstić information content (AvgIpc) is 2.33. The van der Waals surface area contributed by atoms with Crippen LogP contribution >= 0.6 is 11.9 Å². The van der Waals surface area contributed by atoms with Gasteiger partial charge in [-0.2, -0.15) is 0 Å². The Morgan fingerprint density at radius 3 is 2.69 bits per heavy atom. The SMILES string of the molecule is CNSc1ccc(OC/C(=C\F)CN)cc1. The first kappa shape index (κ1) is 13.0. The maximum absolute atomic E-state index is 12.2. The first-order valence-electron chi connectivity index (χ1n) is 4.84. The van der Waals surface area contributed by atoms with Crippen LogP contribution in [0, 0.1) is 0 Å². The van der Waals surface area contributed by atoms with Crippen molar-refractivity contribution in [3.8, 4) is 5.75 Å². The molecule has 0 saturated heterocycles. The molecule has 0 aliphatic heterocycles. The largest absolute Gasteiger partial charge is 0.489 e. The molecule has 3 nitrogen and oxygen atoms in total. The van der Waals surface area contributed by atoms with E-state index in [0.29, 0.717) is 17.7 Å². The number of hydrogen-bond donors (Lipinski definition) is 2. The molecular formula is C11H15FN2OS. The summed E-state index contributed by atoms with van der Waals surface area (Å²) < 4.78 is 20.5. The summed E-state index contributed by atoms with van der Waals surface area (Å²) in [7, 11) is 1.86. The van der Waals surface area contributed by atoms with Gasteiger partial charge in [-0.25, -0.2) is 4.39 Å². The number of nitrogens with two attached hydrogens (primary N) is 1. The lowest BCUT2D eigenvalue weighted by Crippen LogP contribution is -2.10. The highest BCUT2D eigenvalue weighted by Gasteiger charge is 1.98. The van der Waals surface area contributed by atoms with Crippen molar-refractivity contribution < 1.29 is 9.13 Å². The van der Waals surface area contributed by atoms with Crippen molar-refractivity contribution in [1.29, 1.82) is 0 Å². The molecule has 0 unspecified atom stereocenters. The highest BCUT2D eigenvalue weighted by atomic mass is 32.2. The number of benzene rings is 1. The number of nitrogens with one attached hydrogen (secondary N) is 1. The average molecular weight is 242 g/mol. The molecule has 0 amide bonds. The second-order valence-electron chi connectivity index (χ2n) is 3.04. The van der Waals surface area contributed by atoms with Crippen molar-refractivity contribution >= 4 is 11.9 Å². The fourth-order valence-corrected chi connectivity index (χ4v) is 1.54. The number of ether oxygens (including phenoxy) is 1. The van der Waals surface area contributed by atoms with E-state index in [1.54, 1.807) is 0 Å². The third-order valence-corrected chi connectivity index (χ3v) is 2.60. The van der Waals surface area contributed by atoms with Crippen molar-refractivity contribution in [3.63, 3.8) is 0 Å². The molecule has 1 rings (SSSR count). The van der Waals surface area contributed by atoms with Crippen LogP contribution in [-0.4, -0.2) is 20.2 Å². The summed E-state index contributed by atoms with van der Waals surface area (Å²) in [6.45, 7) is 0.357. The maximum atomic E-state index is 12.2. The van der Waals surface area contributed by atoms with E-state index < -0.39 is 0 Å².